The van der Waals surface area contributed by atoms with Gasteiger partial charge in [0, 0.05) is 11.4 Å². The Morgan fingerprint density at radius 1 is 1.03 bits per heavy atom. The van der Waals surface area contributed by atoms with Crippen LogP contribution in [-0.4, -0.2) is 33.2 Å². The molecule has 32 heavy (non-hydrogen) atoms. The number of hydrogen-bond donors (Lipinski definition) is 2. The van der Waals surface area contributed by atoms with Gasteiger partial charge in [-0.25, -0.2) is 9.67 Å². The standard InChI is InChI=1S/C23H20BrN5O3/c1-15(29-14-25-13-26-29)23(31)28-18-9-7-17(8-10-18)27-21(30)12-32-20-11-6-16-4-2-3-5-19(16)22(20)24/h2-11,13-15H,12H2,1H3,(H,27,30)(H,28,31). The van der Waals surface area contributed by atoms with Gasteiger partial charge in [0.1, 0.15) is 24.4 Å². The fraction of sp³-hybridized carbons (Fsp3) is 0.130. The normalized spacial score (nSPS) is 11.7. The third kappa shape index (κ3) is 4.94. The zero-order valence-electron chi connectivity index (χ0n) is 17.2. The first-order valence-electron chi connectivity index (χ1n) is 9.86. The highest BCUT2D eigenvalue weighted by atomic mass is 79.9. The summed E-state index contributed by atoms with van der Waals surface area (Å²) in [6.45, 7) is 1.59. The Labute approximate surface area is 192 Å². The molecule has 8 nitrogen and oxygen atoms in total. The minimum atomic E-state index is -0.497. The number of amides is 2. The summed E-state index contributed by atoms with van der Waals surface area (Å²) >= 11 is 3.55. The first kappa shape index (κ1) is 21.5. The molecular weight excluding hydrogens is 474 g/mol. The Bertz CT molecular complexity index is 1240. The molecule has 162 valence electrons. The molecule has 0 bridgehead atoms. The number of rotatable bonds is 7. The quantitative estimate of drug-likeness (QED) is 0.397. The van der Waals surface area contributed by atoms with Crippen LogP contribution in [0.4, 0.5) is 11.4 Å². The number of benzene rings is 3. The van der Waals surface area contributed by atoms with Crippen LogP contribution >= 0.6 is 15.9 Å². The van der Waals surface area contributed by atoms with Crippen molar-refractivity contribution in [2.24, 2.45) is 0 Å². The molecule has 1 atom stereocenters. The fourth-order valence-electron chi connectivity index (χ4n) is 3.09. The van der Waals surface area contributed by atoms with E-state index in [0.717, 1.165) is 15.2 Å². The van der Waals surface area contributed by atoms with Crippen LogP contribution in [0, 0.1) is 0 Å². The highest BCUT2D eigenvalue weighted by Crippen LogP contribution is 2.33. The number of hydrogen-bond acceptors (Lipinski definition) is 5. The van der Waals surface area contributed by atoms with E-state index in [9.17, 15) is 9.59 Å². The maximum absolute atomic E-state index is 12.3. The van der Waals surface area contributed by atoms with Gasteiger partial charge in [-0.2, -0.15) is 5.10 Å². The van der Waals surface area contributed by atoms with Crippen molar-refractivity contribution in [3.63, 3.8) is 0 Å². The first-order valence-corrected chi connectivity index (χ1v) is 10.7. The van der Waals surface area contributed by atoms with E-state index in [2.05, 4.69) is 36.6 Å². The molecular formula is C23H20BrN5O3. The third-order valence-corrected chi connectivity index (χ3v) is 5.65. The summed E-state index contributed by atoms with van der Waals surface area (Å²) in [5.41, 5.74) is 1.20. The number of ether oxygens (including phenoxy) is 1. The molecule has 4 rings (SSSR count). The predicted molar refractivity (Wildman–Crippen MR) is 126 cm³/mol. The van der Waals surface area contributed by atoms with Crippen molar-refractivity contribution in [2.75, 3.05) is 17.2 Å². The average molecular weight is 494 g/mol. The number of nitrogens with zero attached hydrogens (tertiary/aromatic N) is 3. The second-order valence-corrected chi connectivity index (χ2v) is 7.85. The monoisotopic (exact) mass is 493 g/mol. The molecule has 2 amide bonds. The second kappa shape index (κ2) is 9.61. The largest absolute Gasteiger partial charge is 0.483 e. The summed E-state index contributed by atoms with van der Waals surface area (Å²) in [5, 5.41) is 11.7. The van der Waals surface area contributed by atoms with E-state index in [1.807, 2.05) is 36.4 Å². The average Bonchev–Trinajstić information content (AvgIpc) is 3.34. The van der Waals surface area contributed by atoms with Crippen LogP contribution in [0.15, 0.2) is 77.8 Å². The molecule has 4 aromatic rings. The summed E-state index contributed by atoms with van der Waals surface area (Å²) in [7, 11) is 0. The molecule has 2 N–H and O–H groups in total. The lowest BCUT2D eigenvalue weighted by atomic mass is 10.1. The highest BCUT2D eigenvalue weighted by molar-refractivity contribution is 9.10. The molecule has 1 aromatic heterocycles. The Morgan fingerprint density at radius 2 is 1.75 bits per heavy atom. The molecule has 1 unspecified atom stereocenters. The van der Waals surface area contributed by atoms with E-state index in [1.54, 1.807) is 31.2 Å². The van der Waals surface area contributed by atoms with Gasteiger partial charge in [0.25, 0.3) is 5.91 Å². The molecule has 0 radical (unpaired) electrons. The van der Waals surface area contributed by atoms with Crippen LogP contribution in [-0.2, 0) is 9.59 Å². The van der Waals surface area contributed by atoms with E-state index >= 15 is 0 Å². The summed E-state index contributed by atoms with van der Waals surface area (Å²) < 4.78 is 7.97. The zero-order chi connectivity index (χ0) is 22.5. The molecule has 0 saturated carbocycles. The smallest absolute Gasteiger partial charge is 0.262 e. The lowest BCUT2D eigenvalue weighted by Crippen LogP contribution is -2.24. The van der Waals surface area contributed by atoms with Gasteiger partial charge in [-0.15, -0.1) is 0 Å². The van der Waals surface area contributed by atoms with Crippen LogP contribution in [0.25, 0.3) is 10.8 Å². The number of fused-ring (bicyclic) bond motifs is 1. The second-order valence-electron chi connectivity index (χ2n) is 7.05. The van der Waals surface area contributed by atoms with E-state index < -0.39 is 6.04 Å². The number of nitrogens with one attached hydrogen (secondary N) is 2. The summed E-state index contributed by atoms with van der Waals surface area (Å²) in [4.78, 5) is 28.5. The molecule has 0 aliphatic heterocycles. The Hall–Kier alpha value is -3.72. The van der Waals surface area contributed by atoms with Crippen LogP contribution in [0.5, 0.6) is 5.75 Å². The number of halogens is 1. The lowest BCUT2D eigenvalue weighted by molar-refractivity contribution is -0.119. The van der Waals surface area contributed by atoms with Crippen molar-refractivity contribution in [1.29, 1.82) is 0 Å². The summed E-state index contributed by atoms with van der Waals surface area (Å²) in [6.07, 6.45) is 2.87. The summed E-state index contributed by atoms with van der Waals surface area (Å²) in [6, 6.07) is 18.0. The van der Waals surface area contributed by atoms with Crippen molar-refractivity contribution in [3.05, 3.63) is 77.8 Å². The van der Waals surface area contributed by atoms with E-state index in [1.165, 1.54) is 17.3 Å². The molecule has 1 heterocycles. The van der Waals surface area contributed by atoms with Crippen molar-refractivity contribution in [1.82, 2.24) is 14.8 Å². The van der Waals surface area contributed by atoms with Crippen LogP contribution < -0.4 is 15.4 Å². The Kier molecular flexibility index (Phi) is 6.46. The van der Waals surface area contributed by atoms with Gasteiger partial charge < -0.3 is 15.4 Å². The molecule has 0 aliphatic carbocycles. The van der Waals surface area contributed by atoms with Crippen LogP contribution in [0.2, 0.25) is 0 Å². The molecule has 0 aliphatic rings. The van der Waals surface area contributed by atoms with Crippen molar-refractivity contribution < 1.29 is 14.3 Å². The van der Waals surface area contributed by atoms with Crippen molar-refractivity contribution >= 4 is 49.9 Å². The van der Waals surface area contributed by atoms with Gasteiger partial charge in [-0.3, -0.25) is 9.59 Å². The van der Waals surface area contributed by atoms with E-state index in [0.29, 0.717) is 17.1 Å². The lowest BCUT2D eigenvalue weighted by Gasteiger charge is -2.13. The van der Waals surface area contributed by atoms with Crippen LogP contribution in [0.1, 0.15) is 13.0 Å². The van der Waals surface area contributed by atoms with Crippen molar-refractivity contribution in [2.45, 2.75) is 13.0 Å². The van der Waals surface area contributed by atoms with Gasteiger partial charge in [0.2, 0.25) is 5.91 Å². The van der Waals surface area contributed by atoms with Gasteiger partial charge in [-0.1, -0.05) is 30.3 Å². The van der Waals surface area contributed by atoms with E-state index in [4.69, 9.17) is 4.74 Å². The Morgan fingerprint density at radius 3 is 2.47 bits per heavy atom. The number of carbonyl (C=O) groups excluding carboxylic acids is 2. The van der Waals surface area contributed by atoms with Gasteiger partial charge >= 0.3 is 0 Å². The molecule has 0 spiro atoms. The zero-order valence-corrected chi connectivity index (χ0v) is 18.7. The van der Waals surface area contributed by atoms with E-state index in [-0.39, 0.29) is 18.4 Å². The van der Waals surface area contributed by atoms with Gasteiger partial charge in [0.15, 0.2) is 6.61 Å². The summed E-state index contributed by atoms with van der Waals surface area (Å²) in [5.74, 6) is 0.0849. The molecule has 9 heteroatoms. The Balaban J connectivity index is 1.31. The minimum absolute atomic E-state index is 0.134. The van der Waals surface area contributed by atoms with Crippen LogP contribution in [0.3, 0.4) is 0 Å². The molecule has 3 aromatic carbocycles. The first-order chi connectivity index (χ1) is 15.5. The van der Waals surface area contributed by atoms with Gasteiger partial charge in [0.05, 0.1) is 4.47 Å². The topological polar surface area (TPSA) is 98.1 Å². The van der Waals surface area contributed by atoms with Crippen molar-refractivity contribution in [3.8, 4) is 5.75 Å². The fourth-order valence-corrected chi connectivity index (χ4v) is 3.69. The minimum Gasteiger partial charge on any atom is -0.483 e. The van der Waals surface area contributed by atoms with Gasteiger partial charge in [-0.05, 0) is 64.0 Å². The molecule has 0 fully saturated rings. The maximum atomic E-state index is 12.3. The highest BCUT2D eigenvalue weighted by Gasteiger charge is 2.15. The third-order valence-electron chi connectivity index (χ3n) is 4.84. The number of aromatic nitrogens is 3. The maximum Gasteiger partial charge on any atom is 0.262 e. The SMILES string of the molecule is CC(C(=O)Nc1ccc(NC(=O)COc2ccc3ccccc3c2Br)cc1)n1cncn1. The number of carbonyl (C=O) groups is 2. The predicted octanol–water partition coefficient (Wildman–Crippen LogP) is 4.41. The number of anilines is 2. The molecule has 0 saturated heterocycles.